The molecule has 0 unspecified atom stereocenters. The summed E-state index contributed by atoms with van der Waals surface area (Å²) < 4.78 is 5.70. The number of benzene rings is 1. The largest absolute Gasteiger partial charge is 0.493 e. The molecule has 0 fully saturated rings. The zero-order valence-electron chi connectivity index (χ0n) is 10.4. The van der Waals surface area contributed by atoms with E-state index in [9.17, 15) is 0 Å². The van der Waals surface area contributed by atoms with Crippen molar-refractivity contribution in [3.63, 3.8) is 0 Å². The van der Waals surface area contributed by atoms with Gasteiger partial charge in [0, 0.05) is 5.33 Å². The molecule has 1 aromatic carbocycles. The van der Waals surface area contributed by atoms with Gasteiger partial charge in [0.05, 0.1) is 6.61 Å². The Hall–Kier alpha value is -0.500. The maximum atomic E-state index is 5.70. The van der Waals surface area contributed by atoms with Crippen LogP contribution in [0.2, 0.25) is 0 Å². The molecule has 0 radical (unpaired) electrons. The minimum absolute atomic E-state index is 0.577. The summed E-state index contributed by atoms with van der Waals surface area (Å²) in [5.74, 6) is 1.57. The van der Waals surface area contributed by atoms with Crippen molar-refractivity contribution in [3.8, 4) is 5.75 Å². The number of halogens is 1. The van der Waals surface area contributed by atoms with Crippen LogP contribution < -0.4 is 4.74 Å². The summed E-state index contributed by atoms with van der Waals surface area (Å²) >= 11 is 3.46. The van der Waals surface area contributed by atoms with Gasteiger partial charge in [-0.1, -0.05) is 35.8 Å². The van der Waals surface area contributed by atoms with Crippen LogP contribution in [0.4, 0.5) is 0 Å². The van der Waals surface area contributed by atoms with Crippen molar-refractivity contribution >= 4 is 15.9 Å². The van der Waals surface area contributed by atoms with Gasteiger partial charge in [0.15, 0.2) is 0 Å². The molecule has 1 aromatic rings. The molecule has 0 atom stereocenters. The summed E-state index contributed by atoms with van der Waals surface area (Å²) in [6, 6.07) is 6.42. The fourth-order valence-electron chi connectivity index (χ4n) is 1.56. The highest BCUT2D eigenvalue weighted by molar-refractivity contribution is 9.09. The number of alkyl halides is 1. The van der Waals surface area contributed by atoms with Crippen LogP contribution in [0, 0.1) is 12.8 Å². The van der Waals surface area contributed by atoms with E-state index in [1.807, 2.05) is 0 Å². The Bertz CT molecular complexity index is 321. The smallest absolute Gasteiger partial charge is 0.119 e. The van der Waals surface area contributed by atoms with Gasteiger partial charge in [0.1, 0.15) is 5.75 Å². The van der Waals surface area contributed by atoms with E-state index >= 15 is 0 Å². The first-order valence-electron chi connectivity index (χ1n) is 5.91. The predicted molar refractivity (Wildman–Crippen MR) is 73.6 cm³/mol. The highest BCUT2D eigenvalue weighted by atomic mass is 79.9. The molecule has 0 N–H and O–H groups in total. The first-order valence-corrected chi connectivity index (χ1v) is 7.04. The summed E-state index contributed by atoms with van der Waals surface area (Å²) in [4.78, 5) is 0. The maximum Gasteiger partial charge on any atom is 0.119 e. The van der Waals surface area contributed by atoms with Crippen molar-refractivity contribution in [3.05, 3.63) is 29.3 Å². The SMILES string of the molecule is Cc1cc(OCC(C)C)ccc1CCCBr. The van der Waals surface area contributed by atoms with Crippen molar-refractivity contribution in [1.29, 1.82) is 0 Å². The van der Waals surface area contributed by atoms with Crippen molar-refractivity contribution in [2.45, 2.75) is 33.6 Å². The van der Waals surface area contributed by atoms with Gasteiger partial charge in [-0.05, 0) is 48.9 Å². The van der Waals surface area contributed by atoms with E-state index in [0.29, 0.717) is 5.92 Å². The molecular formula is C14H21BrO. The fourth-order valence-corrected chi connectivity index (χ4v) is 1.84. The number of rotatable bonds is 6. The molecule has 16 heavy (non-hydrogen) atoms. The van der Waals surface area contributed by atoms with Crippen molar-refractivity contribution < 1.29 is 4.74 Å². The molecular weight excluding hydrogens is 264 g/mol. The number of hydrogen-bond donors (Lipinski definition) is 0. The molecule has 1 rings (SSSR count). The standard InChI is InChI=1S/C14H21BrO/c1-11(2)10-16-14-7-6-13(5-4-8-15)12(3)9-14/h6-7,9,11H,4-5,8,10H2,1-3H3. The van der Waals surface area contributed by atoms with E-state index < -0.39 is 0 Å². The molecule has 0 aliphatic carbocycles. The van der Waals surface area contributed by atoms with Gasteiger partial charge < -0.3 is 4.74 Å². The summed E-state index contributed by atoms with van der Waals surface area (Å²) in [6.07, 6.45) is 2.33. The third-order valence-electron chi connectivity index (χ3n) is 2.48. The van der Waals surface area contributed by atoms with Crippen LogP contribution in [0.25, 0.3) is 0 Å². The van der Waals surface area contributed by atoms with Crippen LogP contribution in [-0.4, -0.2) is 11.9 Å². The first-order chi connectivity index (χ1) is 7.63. The van der Waals surface area contributed by atoms with Gasteiger partial charge in [-0.3, -0.25) is 0 Å². The van der Waals surface area contributed by atoms with Crippen molar-refractivity contribution in [2.75, 3.05) is 11.9 Å². The third-order valence-corrected chi connectivity index (χ3v) is 3.04. The molecule has 0 saturated carbocycles. The van der Waals surface area contributed by atoms with E-state index in [1.165, 1.54) is 17.5 Å². The molecule has 2 heteroatoms. The molecule has 0 aliphatic heterocycles. The van der Waals surface area contributed by atoms with E-state index in [0.717, 1.165) is 24.1 Å². The number of hydrogen-bond acceptors (Lipinski definition) is 1. The quantitative estimate of drug-likeness (QED) is 0.706. The number of ether oxygens (including phenoxy) is 1. The summed E-state index contributed by atoms with van der Waals surface area (Å²) in [5, 5.41) is 1.07. The van der Waals surface area contributed by atoms with E-state index in [4.69, 9.17) is 4.74 Å². The molecule has 0 aliphatic rings. The van der Waals surface area contributed by atoms with Gasteiger partial charge in [-0.15, -0.1) is 0 Å². The van der Waals surface area contributed by atoms with E-state index in [2.05, 4.69) is 54.9 Å². The normalized spacial score (nSPS) is 10.8. The van der Waals surface area contributed by atoms with Gasteiger partial charge in [-0.25, -0.2) is 0 Å². The Kier molecular flexibility index (Phi) is 5.89. The van der Waals surface area contributed by atoms with E-state index in [-0.39, 0.29) is 0 Å². The Morgan fingerprint density at radius 2 is 2.06 bits per heavy atom. The van der Waals surface area contributed by atoms with Gasteiger partial charge in [-0.2, -0.15) is 0 Å². The lowest BCUT2D eigenvalue weighted by molar-refractivity contribution is 0.271. The summed E-state index contributed by atoms with van der Waals surface area (Å²) in [5.41, 5.74) is 2.76. The van der Waals surface area contributed by atoms with Crippen LogP contribution in [0.1, 0.15) is 31.4 Å². The highest BCUT2D eigenvalue weighted by Gasteiger charge is 2.02. The Morgan fingerprint density at radius 1 is 1.31 bits per heavy atom. The van der Waals surface area contributed by atoms with Gasteiger partial charge >= 0.3 is 0 Å². The predicted octanol–water partition coefficient (Wildman–Crippen LogP) is 4.36. The summed E-state index contributed by atoms with van der Waals surface area (Å²) in [7, 11) is 0. The molecule has 0 bridgehead atoms. The lowest BCUT2D eigenvalue weighted by atomic mass is 10.0. The first kappa shape index (κ1) is 13.6. The average Bonchev–Trinajstić information content (AvgIpc) is 2.25. The zero-order chi connectivity index (χ0) is 12.0. The van der Waals surface area contributed by atoms with E-state index in [1.54, 1.807) is 0 Å². The lowest BCUT2D eigenvalue weighted by Gasteiger charge is -2.11. The molecule has 90 valence electrons. The second-order valence-electron chi connectivity index (χ2n) is 4.59. The average molecular weight is 285 g/mol. The molecule has 0 amide bonds. The van der Waals surface area contributed by atoms with Crippen LogP contribution >= 0.6 is 15.9 Å². The Morgan fingerprint density at radius 3 is 2.62 bits per heavy atom. The fraction of sp³-hybridized carbons (Fsp3) is 0.571. The van der Waals surface area contributed by atoms with Crippen molar-refractivity contribution in [2.24, 2.45) is 5.92 Å². The summed E-state index contributed by atoms with van der Waals surface area (Å²) in [6.45, 7) is 7.28. The zero-order valence-corrected chi connectivity index (χ0v) is 12.0. The minimum atomic E-state index is 0.577. The molecule has 0 saturated heterocycles. The van der Waals surface area contributed by atoms with Crippen LogP contribution in [-0.2, 0) is 6.42 Å². The minimum Gasteiger partial charge on any atom is -0.493 e. The van der Waals surface area contributed by atoms with Crippen molar-refractivity contribution in [1.82, 2.24) is 0 Å². The molecule has 0 spiro atoms. The van der Waals surface area contributed by atoms with Crippen LogP contribution in [0.3, 0.4) is 0 Å². The highest BCUT2D eigenvalue weighted by Crippen LogP contribution is 2.19. The lowest BCUT2D eigenvalue weighted by Crippen LogP contribution is -2.04. The van der Waals surface area contributed by atoms with Crippen LogP contribution in [0.5, 0.6) is 5.75 Å². The maximum absolute atomic E-state index is 5.70. The monoisotopic (exact) mass is 284 g/mol. The molecule has 0 heterocycles. The topological polar surface area (TPSA) is 9.23 Å². The second kappa shape index (κ2) is 6.95. The Balaban J connectivity index is 2.59. The molecule has 0 aromatic heterocycles. The van der Waals surface area contributed by atoms with Crippen LogP contribution in [0.15, 0.2) is 18.2 Å². The number of aryl methyl sites for hydroxylation is 2. The molecule has 1 nitrogen and oxygen atoms in total. The Labute approximate surface area is 107 Å². The van der Waals surface area contributed by atoms with Gasteiger partial charge in [0.25, 0.3) is 0 Å². The second-order valence-corrected chi connectivity index (χ2v) is 5.38. The third kappa shape index (κ3) is 4.56. The van der Waals surface area contributed by atoms with Gasteiger partial charge in [0.2, 0.25) is 0 Å².